The van der Waals surface area contributed by atoms with Gasteiger partial charge in [-0.3, -0.25) is 0 Å². The number of hydrogen-bond donors (Lipinski definition) is 1. The summed E-state index contributed by atoms with van der Waals surface area (Å²) in [5.74, 6) is 0. The normalized spacial score (nSPS) is 11.3. The van der Waals surface area contributed by atoms with Crippen LogP contribution in [0.1, 0.15) is 59.3 Å². The molecule has 2 N–H and O–H groups in total. The number of nitrogens with two attached hydrogens (primary N) is 1. The molecule has 0 rings (SSSR count). The van der Waals surface area contributed by atoms with E-state index >= 15 is 0 Å². The first-order chi connectivity index (χ1) is 7.57. The molecule has 96 valence electrons. The minimum Gasteiger partial charge on any atom is -0.393 e. The van der Waals surface area contributed by atoms with Crippen LogP contribution >= 0.6 is 12.2 Å². The van der Waals surface area contributed by atoms with Crippen LogP contribution in [-0.2, 0) is 0 Å². The molecule has 0 aliphatic rings. The van der Waals surface area contributed by atoms with Gasteiger partial charge >= 0.3 is 0 Å². The molecule has 0 saturated heterocycles. The SMILES string of the molecule is CCCCCCCN(CCC(N)=S)C(C)C. The van der Waals surface area contributed by atoms with Gasteiger partial charge in [0.25, 0.3) is 0 Å². The van der Waals surface area contributed by atoms with Gasteiger partial charge in [0.1, 0.15) is 0 Å². The highest BCUT2D eigenvalue weighted by molar-refractivity contribution is 7.80. The Bertz CT molecular complexity index is 181. The van der Waals surface area contributed by atoms with Crippen molar-refractivity contribution in [2.45, 2.75) is 65.3 Å². The average molecular weight is 244 g/mol. The minimum absolute atomic E-state index is 0.598. The van der Waals surface area contributed by atoms with Crippen LogP contribution < -0.4 is 5.73 Å². The molecule has 16 heavy (non-hydrogen) atoms. The van der Waals surface area contributed by atoms with Crippen LogP contribution in [0.15, 0.2) is 0 Å². The van der Waals surface area contributed by atoms with E-state index in [1.807, 2.05) is 0 Å². The largest absolute Gasteiger partial charge is 0.393 e. The molecule has 0 heterocycles. The van der Waals surface area contributed by atoms with E-state index in [-0.39, 0.29) is 0 Å². The second-order valence-corrected chi connectivity index (χ2v) is 5.28. The van der Waals surface area contributed by atoms with Crippen LogP contribution in [0.25, 0.3) is 0 Å². The molecule has 0 bridgehead atoms. The van der Waals surface area contributed by atoms with Gasteiger partial charge in [-0.15, -0.1) is 0 Å². The van der Waals surface area contributed by atoms with Crippen LogP contribution in [0.4, 0.5) is 0 Å². The Kier molecular flexibility index (Phi) is 9.94. The predicted octanol–water partition coefficient (Wildman–Crippen LogP) is 3.34. The fraction of sp³-hybridized carbons (Fsp3) is 0.923. The maximum absolute atomic E-state index is 5.54. The third-order valence-electron chi connectivity index (χ3n) is 2.92. The molecule has 0 amide bonds. The van der Waals surface area contributed by atoms with Crippen molar-refractivity contribution in [3.63, 3.8) is 0 Å². The van der Waals surface area contributed by atoms with Crippen LogP contribution in [0.5, 0.6) is 0 Å². The van der Waals surface area contributed by atoms with Crippen molar-refractivity contribution in [1.82, 2.24) is 4.90 Å². The second-order valence-electron chi connectivity index (χ2n) is 4.76. The first-order valence-corrected chi connectivity index (χ1v) is 7.01. The molecule has 0 aromatic carbocycles. The van der Waals surface area contributed by atoms with Gasteiger partial charge in [-0.05, 0) is 26.8 Å². The van der Waals surface area contributed by atoms with E-state index in [0.717, 1.165) is 13.0 Å². The van der Waals surface area contributed by atoms with Crippen LogP contribution in [0.3, 0.4) is 0 Å². The van der Waals surface area contributed by atoms with Gasteiger partial charge in [0.2, 0.25) is 0 Å². The number of hydrogen-bond acceptors (Lipinski definition) is 2. The van der Waals surface area contributed by atoms with Crippen molar-refractivity contribution in [3.05, 3.63) is 0 Å². The number of thiocarbonyl (C=S) groups is 1. The Morgan fingerprint density at radius 3 is 2.25 bits per heavy atom. The van der Waals surface area contributed by atoms with Gasteiger partial charge < -0.3 is 10.6 Å². The van der Waals surface area contributed by atoms with E-state index in [4.69, 9.17) is 18.0 Å². The molecule has 0 saturated carbocycles. The van der Waals surface area contributed by atoms with Crippen molar-refractivity contribution < 1.29 is 0 Å². The van der Waals surface area contributed by atoms with E-state index < -0.39 is 0 Å². The molecule has 2 nitrogen and oxygen atoms in total. The Labute approximate surface area is 107 Å². The summed E-state index contributed by atoms with van der Waals surface area (Å²) in [5.41, 5.74) is 5.54. The maximum Gasteiger partial charge on any atom is 0.0740 e. The van der Waals surface area contributed by atoms with Gasteiger partial charge in [0.05, 0.1) is 4.99 Å². The molecule has 0 radical (unpaired) electrons. The monoisotopic (exact) mass is 244 g/mol. The molecule has 3 heteroatoms. The minimum atomic E-state index is 0.598. The summed E-state index contributed by atoms with van der Waals surface area (Å²) in [6.07, 6.45) is 7.56. The lowest BCUT2D eigenvalue weighted by molar-refractivity contribution is 0.223. The quantitative estimate of drug-likeness (QED) is 0.472. The fourth-order valence-corrected chi connectivity index (χ4v) is 1.89. The molecule has 0 aliphatic carbocycles. The maximum atomic E-state index is 5.54. The highest BCUT2D eigenvalue weighted by atomic mass is 32.1. The Balaban J connectivity index is 3.64. The van der Waals surface area contributed by atoms with Gasteiger partial charge in [-0.2, -0.15) is 0 Å². The van der Waals surface area contributed by atoms with Gasteiger partial charge in [-0.1, -0.05) is 44.8 Å². The van der Waals surface area contributed by atoms with Crippen molar-refractivity contribution in [2.75, 3.05) is 13.1 Å². The highest BCUT2D eigenvalue weighted by Crippen LogP contribution is 2.07. The summed E-state index contributed by atoms with van der Waals surface area (Å²) < 4.78 is 0. The van der Waals surface area contributed by atoms with Crippen molar-refractivity contribution >= 4 is 17.2 Å². The van der Waals surface area contributed by atoms with Crippen molar-refractivity contribution in [2.24, 2.45) is 5.73 Å². The highest BCUT2D eigenvalue weighted by Gasteiger charge is 2.08. The smallest absolute Gasteiger partial charge is 0.0740 e. The van der Waals surface area contributed by atoms with Gasteiger partial charge in [-0.25, -0.2) is 0 Å². The van der Waals surface area contributed by atoms with Crippen LogP contribution in [0, 0.1) is 0 Å². The van der Waals surface area contributed by atoms with Crippen molar-refractivity contribution in [1.29, 1.82) is 0 Å². The van der Waals surface area contributed by atoms with Gasteiger partial charge in [0.15, 0.2) is 0 Å². The number of rotatable bonds is 10. The molecular weight excluding hydrogens is 216 g/mol. The molecule has 0 aromatic heterocycles. The zero-order chi connectivity index (χ0) is 12.4. The van der Waals surface area contributed by atoms with E-state index in [1.54, 1.807) is 0 Å². The second kappa shape index (κ2) is 10.0. The third kappa shape index (κ3) is 9.10. The molecule has 0 fully saturated rings. The number of unbranched alkanes of at least 4 members (excludes halogenated alkanes) is 4. The lowest BCUT2D eigenvalue weighted by Crippen LogP contribution is -2.34. The molecule has 0 unspecified atom stereocenters. The van der Waals surface area contributed by atoms with E-state index in [0.29, 0.717) is 11.0 Å². The summed E-state index contributed by atoms with van der Waals surface area (Å²) in [7, 11) is 0. The molecule has 0 spiro atoms. The first kappa shape index (κ1) is 15.9. The molecular formula is C13H28N2S. The van der Waals surface area contributed by atoms with E-state index in [1.165, 1.54) is 38.6 Å². The van der Waals surface area contributed by atoms with Gasteiger partial charge in [0, 0.05) is 19.0 Å². The molecule has 0 aromatic rings. The zero-order valence-corrected chi connectivity index (χ0v) is 12.0. The Morgan fingerprint density at radius 2 is 1.75 bits per heavy atom. The zero-order valence-electron chi connectivity index (χ0n) is 11.2. The lowest BCUT2D eigenvalue weighted by atomic mass is 10.1. The Hall–Kier alpha value is -0.150. The summed E-state index contributed by atoms with van der Waals surface area (Å²) >= 11 is 4.92. The summed E-state index contributed by atoms with van der Waals surface area (Å²) in [5, 5.41) is 0. The molecule has 0 aliphatic heterocycles. The number of nitrogens with zero attached hydrogens (tertiary/aromatic N) is 1. The molecule has 0 atom stereocenters. The third-order valence-corrected chi connectivity index (χ3v) is 3.13. The van der Waals surface area contributed by atoms with Crippen LogP contribution in [0.2, 0.25) is 0 Å². The topological polar surface area (TPSA) is 29.3 Å². The standard InChI is InChI=1S/C13H28N2S/c1-4-5-6-7-8-10-15(12(2)3)11-9-13(14)16/h12H,4-11H2,1-3H3,(H2,14,16). The summed E-state index contributed by atoms with van der Waals surface area (Å²) in [4.78, 5) is 3.11. The fourth-order valence-electron chi connectivity index (χ4n) is 1.80. The Morgan fingerprint density at radius 1 is 1.12 bits per heavy atom. The van der Waals surface area contributed by atoms with E-state index in [2.05, 4.69) is 25.7 Å². The lowest BCUT2D eigenvalue weighted by Gasteiger charge is -2.26. The predicted molar refractivity (Wildman–Crippen MR) is 76.9 cm³/mol. The van der Waals surface area contributed by atoms with Crippen molar-refractivity contribution in [3.8, 4) is 0 Å². The summed E-state index contributed by atoms with van der Waals surface area (Å²) in [6.45, 7) is 8.94. The first-order valence-electron chi connectivity index (χ1n) is 6.60. The van der Waals surface area contributed by atoms with Crippen LogP contribution in [-0.4, -0.2) is 29.0 Å². The van der Waals surface area contributed by atoms with E-state index in [9.17, 15) is 0 Å². The summed E-state index contributed by atoms with van der Waals surface area (Å²) in [6, 6.07) is 0.598. The average Bonchev–Trinajstić information content (AvgIpc) is 2.21.